The predicted molar refractivity (Wildman–Crippen MR) is 104 cm³/mol. The number of carbonyl (C=O) groups is 1. The minimum atomic E-state index is -4.62. The Morgan fingerprint density at radius 1 is 1.10 bits per heavy atom. The topological polar surface area (TPSA) is 35.5 Å². The summed E-state index contributed by atoms with van der Waals surface area (Å²) < 4.78 is 49.0. The number of rotatable bonds is 6. The van der Waals surface area contributed by atoms with E-state index < -0.39 is 34.4 Å². The third-order valence-electron chi connectivity index (χ3n) is 5.02. The molecule has 7 heteroatoms. The van der Waals surface area contributed by atoms with Crippen LogP contribution in [0, 0.1) is 17.3 Å². The van der Waals surface area contributed by atoms with E-state index in [0.29, 0.717) is 17.1 Å². The Kier molecular flexibility index (Phi) is 5.94. The molecule has 0 saturated heterocycles. The second-order valence-electron chi connectivity index (χ2n) is 7.51. The van der Waals surface area contributed by atoms with E-state index in [1.165, 1.54) is 0 Å². The van der Waals surface area contributed by atoms with Crippen molar-refractivity contribution in [1.29, 1.82) is 0 Å². The molecule has 2 atom stereocenters. The summed E-state index contributed by atoms with van der Waals surface area (Å²) in [5, 5.41) is -1.21. The molecule has 0 amide bonds. The second-order valence-corrected chi connectivity index (χ2v) is 7.91. The first kappa shape index (κ1) is 21.2. The van der Waals surface area contributed by atoms with Crippen LogP contribution in [0.4, 0.5) is 13.2 Å². The van der Waals surface area contributed by atoms with Crippen molar-refractivity contribution in [3.8, 4) is 11.5 Å². The number of esters is 1. The molecule has 2 aromatic rings. The largest absolute Gasteiger partial charge is 0.461 e. The summed E-state index contributed by atoms with van der Waals surface area (Å²) in [7, 11) is 0. The number of carbonyl (C=O) groups excluding carboxylic acids is 1. The van der Waals surface area contributed by atoms with Gasteiger partial charge in [0.05, 0.1) is 5.92 Å². The summed E-state index contributed by atoms with van der Waals surface area (Å²) in [6.07, 6.45) is -3.71. The number of hydrogen-bond acceptors (Lipinski definition) is 3. The van der Waals surface area contributed by atoms with Crippen molar-refractivity contribution >= 4 is 17.6 Å². The van der Waals surface area contributed by atoms with Gasteiger partial charge in [-0.2, -0.15) is 13.2 Å². The van der Waals surface area contributed by atoms with Gasteiger partial charge in [-0.05, 0) is 41.2 Å². The Labute approximate surface area is 172 Å². The number of halogens is 4. The highest BCUT2D eigenvalue weighted by Gasteiger charge is 2.62. The van der Waals surface area contributed by atoms with Gasteiger partial charge in [0.1, 0.15) is 23.1 Å². The fraction of sp³-hybridized carbons (Fsp3) is 0.318. The Balaban J connectivity index is 1.60. The number of alkyl halides is 3. The molecule has 0 radical (unpaired) electrons. The molecule has 29 heavy (non-hydrogen) atoms. The molecule has 0 heterocycles. The van der Waals surface area contributed by atoms with Crippen molar-refractivity contribution in [3.05, 3.63) is 71.3 Å². The first-order valence-electron chi connectivity index (χ1n) is 9.02. The van der Waals surface area contributed by atoms with Gasteiger partial charge in [-0.3, -0.25) is 4.79 Å². The van der Waals surface area contributed by atoms with Gasteiger partial charge in [0.25, 0.3) is 0 Å². The van der Waals surface area contributed by atoms with Gasteiger partial charge in [-0.1, -0.05) is 61.9 Å². The number of allylic oxidation sites excluding steroid dienone is 2. The van der Waals surface area contributed by atoms with Gasteiger partial charge < -0.3 is 9.47 Å². The number of hydrogen-bond donors (Lipinski definition) is 0. The van der Waals surface area contributed by atoms with Crippen molar-refractivity contribution in [2.24, 2.45) is 17.3 Å². The molecule has 0 N–H and O–H groups in total. The molecule has 1 aliphatic rings. The zero-order chi connectivity index (χ0) is 21.2. The van der Waals surface area contributed by atoms with Crippen LogP contribution < -0.4 is 4.74 Å². The van der Waals surface area contributed by atoms with Gasteiger partial charge >= 0.3 is 12.1 Å². The summed E-state index contributed by atoms with van der Waals surface area (Å²) in [6.45, 7) is 3.44. The molecule has 1 aliphatic carbocycles. The maximum Gasteiger partial charge on any atom is 0.426 e. The summed E-state index contributed by atoms with van der Waals surface area (Å²) in [4.78, 5) is 12.4. The molecule has 0 aliphatic heterocycles. The minimum Gasteiger partial charge on any atom is -0.461 e. The van der Waals surface area contributed by atoms with E-state index in [-0.39, 0.29) is 6.61 Å². The van der Waals surface area contributed by atoms with Crippen molar-refractivity contribution in [3.63, 3.8) is 0 Å². The summed E-state index contributed by atoms with van der Waals surface area (Å²) >= 11 is 5.32. The van der Waals surface area contributed by atoms with E-state index in [1.807, 2.05) is 30.3 Å². The molecular weight excluding hydrogens is 405 g/mol. The maximum atomic E-state index is 12.7. The van der Waals surface area contributed by atoms with Gasteiger partial charge in [0.15, 0.2) is 0 Å². The van der Waals surface area contributed by atoms with Crippen LogP contribution in [0.15, 0.2) is 65.7 Å². The zero-order valence-corrected chi connectivity index (χ0v) is 16.6. The molecule has 0 unspecified atom stereocenters. The van der Waals surface area contributed by atoms with E-state index in [4.69, 9.17) is 21.1 Å². The maximum absolute atomic E-state index is 12.7. The average Bonchev–Trinajstić information content (AvgIpc) is 3.20. The van der Waals surface area contributed by atoms with E-state index >= 15 is 0 Å². The molecule has 1 fully saturated rings. The summed E-state index contributed by atoms with van der Waals surface area (Å²) in [5.74, 6) is -0.552. The molecule has 1 saturated carbocycles. The molecule has 0 spiro atoms. The monoisotopic (exact) mass is 424 g/mol. The molecule has 3 rings (SSSR count). The summed E-state index contributed by atoms with van der Waals surface area (Å²) in [6, 6.07) is 16.3. The van der Waals surface area contributed by atoms with E-state index in [1.54, 1.807) is 38.1 Å². The van der Waals surface area contributed by atoms with Gasteiger partial charge in [-0.25, -0.2) is 0 Å². The molecule has 3 nitrogen and oxygen atoms in total. The standard InChI is InChI=1S/C22H20ClF3O3/c1-21(2)17(12-18(23)22(24,25)26)19(21)20(27)28-13-14-7-6-10-16(11-14)29-15-8-4-3-5-9-15/h3-12,17,19H,13H2,1-2H3/b18-12-/t17-,19+/m0/s1. The normalized spacial score (nSPS) is 20.8. The highest BCUT2D eigenvalue weighted by Crippen LogP contribution is 2.60. The molecule has 0 aromatic heterocycles. The van der Waals surface area contributed by atoms with Crippen LogP contribution in [0.25, 0.3) is 0 Å². The Bertz CT molecular complexity index is 907. The van der Waals surface area contributed by atoms with Crippen LogP contribution in [0.2, 0.25) is 0 Å². The Morgan fingerprint density at radius 2 is 1.76 bits per heavy atom. The van der Waals surface area contributed by atoms with E-state index in [0.717, 1.165) is 6.08 Å². The lowest BCUT2D eigenvalue weighted by atomic mass is 10.1. The van der Waals surface area contributed by atoms with Gasteiger partial charge in [0, 0.05) is 0 Å². The van der Waals surface area contributed by atoms with Crippen LogP contribution in [-0.4, -0.2) is 12.1 Å². The van der Waals surface area contributed by atoms with Crippen LogP contribution >= 0.6 is 11.6 Å². The number of para-hydroxylation sites is 1. The smallest absolute Gasteiger partial charge is 0.426 e. The zero-order valence-electron chi connectivity index (χ0n) is 15.9. The molecule has 154 valence electrons. The molecule has 2 aromatic carbocycles. The molecular formula is C22H20ClF3O3. The Hall–Kier alpha value is -2.47. The number of ether oxygens (including phenoxy) is 2. The quantitative estimate of drug-likeness (QED) is 0.498. The van der Waals surface area contributed by atoms with Crippen molar-refractivity contribution in [1.82, 2.24) is 0 Å². The second kappa shape index (κ2) is 8.11. The van der Waals surface area contributed by atoms with Crippen LogP contribution in [-0.2, 0) is 16.1 Å². The third kappa shape index (κ3) is 5.12. The highest BCUT2D eigenvalue weighted by atomic mass is 35.5. The lowest BCUT2D eigenvalue weighted by Gasteiger charge is -2.09. The molecule has 0 bridgehead atoms. The fourth-order valence-electron chi connectivity index (χ4n) is 3.26. The fourth-order valence-corrected chi connectivity index (χ4v) is 3.39. The average molecular weight is 425 g/mol. The third-order valence-corrected chi connectivity index (χ3v) is 5.36. The van der Waals surface area contributed by atoms with E-state index in [9.17, 15) is 18.0 Å². The lowest BCUT2D eigenvalue weighted by molar-refractivity contribution is -0.147. The van der Waals surface area contributed by atoms with Crippen LogP contribution in [0.3, 0.4) is 0 Å². The lowest BCUT2D eigenvalue weighted by Crippen LogP contribution is -2.11. The van der Waals surface area contributed by atoms with Crippen molar-refractivity contribution in [2.75, 3.05) is 0 Å². The van der Waals surface area contributed by atoms with E-state index in [2.05, 4.69) is 0 Å². The Morgan fingerprint density at radius 3 is 2.41 bits per heavy atom. The summed E-state index contributed by atoms with van der Waals surface area (Å²) in [5.41, 5.74) is 0.0754. The van der Waals surface area contributed by atoms with Crippen molar-refractivity contribution in [2.45, 2.75) is 26.6 Å². The van der Waals surface area contributed by atoms with Gasteiger partial charge in [-0.15, -0.1) is 0 Å². The van der Waals surface area contributed by atoms with Crippen molar-refractivity contribution < 1.29 is 27.4 Å². The van der Waals surface area contributed by atoms with Crippen LogP contribution in [0.5, 0.6) is 11.5 Å². The SMILES string of the molecule is CC1(C)[C@@H](/C=C(\Cl)C(F)(F)F)[C@@H]1C(=O)OCc1cccc(Oc2ccccc2)c1. The minimum absolute atomic E-state index is 0.000834. The number of benzene rings is 2. The van der Waals surface area contributed by atoms with Gasteiger partial charge in [0.2, 0.25) is 0 Å². The first-order valence-corrected chi connectivity index (χ1v) is 9.40. The first-order chi connectivity index (χ1) is 13.6. The highest BCUT2D eigenvalue weighted by molar-refractivity contribution is 6.30. The van der Waals surface area contributed by atoms with Crippen LogP contribution in [0.1, 0.15) is 19.4 Å². The predicted octanol–water partition coefficient (Wildman–Crippen LogP) is 6.48.